The molecule has 0 spiro atoms. The fraction of sp³-hybridized carbons (Fsp3) is 0.167. The molecule has 0 fully saturated rings. The minimum Gasteiger partial charge on any atom is -0.454 e. The number of aliphatic imine (C=N–C) groups is 1. The summed E-state index contributed by atoms with van der Waals surface area (Å²) in [5.74, 6) is 1.81. The lowest BCUT2D eigenvalue weighted by atomic mass is 10.1. The fourth-order valence-corrected chi connectivity index (χ4v) is 3.25. The van der Waals surface area contributed by atoms with Gasteiger partial charge in [-0.25, -0.2) is 4.99 Å². The zero-order valence-corrected chi connectivity index (χ0v) is 14.7. The summed E-state index contributed by atoms with van der Waals surface area (Å²) in [4.78, 5) is 4.61. The molecule has 3 aliphatic rings. The topological polar surface area (TPSA) is 99.4 Å². The van der Waals surface area contributed by atoms with E-state index in [2.05, 4.69) is 15.6 Å². The van der Waals surface area contributed by atoms with Gasteiger partial charge >= 0.3 is 0 Å². The number of halogens is 1. The average Bonchev–Trinajstić information content (AvgIpc) is 3.32. The van der Waals surface area contributed by atoms with Crippen molar-refractivity contribution in [2.24, 2.45) is 10.7 Å². The maximum atomic E-state index is 6.49. The Hall–Kier alpha value is -3.10. The first-order valence-electron chi connectivity index (χ1n) is 8.21. The van der Waals surface area contributed by atoms with Crippen LogP contribution in [0.25, 0.3) is 0 Å². The maximum absolute atomic E-state index is 6.49. The number of hydrogen-bond acceptors (Lipinski definition) is 8. The molecule has 0 saturated carbocycles. The number of rotatable bonds is 2. The lowest BCUT2D eigenvalue weighted by Crippen LogP contribution is -2.49. The van der Waals surface area contributed by atoms with Crippen LogP contribution in [0.4, 0.5) is 5.69 Å². The predicted octanol–water partition coefficient (Wildman–Crippen LogP) is 2.49. The minimum absolute atomic E-state index is 0.145. The second-order valence-electron chi connectivity index (χ2n) is 6.09. The molecule has 0 radical (unpaired) electrons. The van der Waals surface area contributed by atoms with Crippen LogP contribution < -0.4 is 35.3 Å². The number of amidine groups is 1. The summed E-state index contributed by atoms with van der Waals surface area (Å²) in [5, 5.41) is 6.73. The summed E-state index contributed by atoms with van der Waals surface area (Å²) < 4.78 is 21.7. The van der Waals surface area contributed by atoms with Crippen LogP contribution in [0.3, 0.4) is 0 Å². The Balaban J connectivity index is 1.48. The SMILES string of the molecule is NC1(c2ccc3c(c2)OCO3)N=C(Nc2c(Cl)ccc3c2OCO3)C=CN1. The van der Waals surface area contributed by atoms with Crippen molar-refractivity contribution < 1.29 is 18.9 Å². The predicted molar refractivity (Wildman–Crippen MR) is 99.3 cm³/mol. The zero-order chi connectivity index (χ0) is 18.4. The van der Waals surface area contributed by atoms with Gasteiger partial charge < -0.3 is 29.6 Å². The van der Waals surface area contributed by atoms with Crippen molar-refractivity contribution in [3.8, 4) is 23.0 Å². The normalized spacial score (nSPS) is 21.6. The van der Waals surface area contributed by atoms with E-state index in [1.54, 1.807) is 36.5 Å². The molecule has 0 saturated heterocycles. The van der Waals surface area contributed by atoms with E-state index in [9.17, 15) is 0 Å². The number of nitrogens with zero attached hydrogens (tertiary/aromatic N) is 1. The average molecular weight is 387 g/mol. The van der Waals surface area contributed by atoms with Gasteiger partial charge in [0.1, 0.15) is 11.5 Å². The highest BCUT2D eigenvalue weighted by molar-refractivity contribution is 6.34. The molecular formula is C18H15ClN4O4. The van der Waals surface area contributed by atoms with Gasteiger partial charge in [-0.2, -0.15) is 0 Å². The summed E-state index contributed by atoms with van der Waals surface area (Å²) >= 11 is 6.32. The molecule has 0 bridgehead atoms. The van der Waals surface area contributed by atoms with Crippen molar-refractivity contribution in [1.29, 1.82) is 0 Å². The number of nitrogens with one attached hydrogen (secondary N) is 2. The highest BCUT2D eigenvalue weighted by atomic mass is 35.5. The molecule has 1 atom stereocenters. The van der Waals surface area contributed by atoms with Gasteiger partial charge in [0, 0.05) is 11.8 Å². The second kappa shape index (κ2) is 5.97. The van der Waals surface area contributed by atoms with Crippen LogP contribution in [0.1, 0.15) is 5.56 Å². The molecule has 3 heterocycles. The highest BCUT2D eigenvalue weighted by Crippen LogP contribution is 2.43. The van der Waals surface area contributed by atoms with Gasteiger partial charge in [0.2, 0.25) is 19.4 Å². The molecule has 0 aromatic heterocycles. The molecular weight excluding hydrogens is 372 g/mol. The van der Waals surface area contributed by atoms with E-state index in [0.29, 0.717) is 39.5 Å². The van der Waals surface area contributed by atoms with E-state index in [-0.39, 0.29) is 13.6 Å². The summed E-state index contributed by atoms with van der Waals surface area (Å²) in [5.41, 5.74) is 7.79. The molecule has 8 nitrogen and oxygen atoms in total. The molecule has 1 unspecified atom stereocenters. The van der Waals surface area contributed by atoms with E-state index in [0.717, 1.165) is 5.56 Å². The van der Waals surface area contributed by atoms with Gasteiger partial charge in [0.15, 0.2) is 23.0 Å². The monoisotopic (exact) mass is 386 g/mol. The molecule has 0 amide bonds. The van der Waals surface area contributed by atoms with Crippen molar-refractivity contribution in [2.75, 3.05) is 18.9 Å². The zero-order valence-electron chi connectivity index (χ0n) is 14.0. The first-order valence-corrected chi connectivity index (χ1v) is 8.58. The third-order valence-corrected chi connectivity index (χ3v) is 4.71. The molecule has 4 N–H and O–H groups in total. The Morgan fingerprint density at radius 1 is 1.04 bits per heavy atom. The van der Waals surface area contributed by atoms with Crippen LogP contribution in [0, 0.1) is 0 Å². The lowest BCUT2D eigenvalue weighted by Gasteiger charge is -2.30. The molecule has 27 heavy (non-hydrogen) atoms. The van der Waals surface area contributed by atoms with Crippen LogP contribution in [-0.2, 0) is 5.79 Å². The highest BCUT2D eigenvalue weighted by Gasteiger charge is 2.31. The Morgan fingerprint density at radius 2 is 1.81 bits per heavy atom. The third-order valence-electron chi connectivity index (χ3n) is 4.40. The van der Waals surface area contributed by atoms with Crippen LogP contribution in [0.2, 0.25) is 5.02 Å². The molecule has 5 rings (SSSR count). The van der Waals surface area contributed by atoms with E-state index >= 15 is 0 Å². The van der Waals surface area contributed by atoms with Crippen molar-refractivity contribution in [3.63, 3.8) is 0 Å². The quantitative estimate of drug-likeness (QED) is 0.729. The van der Waals surface area contributed by atoms with Gasteiger partial charge in [-0.05, 0) is 36.4 Å². The van der Waals surface area contributed by atoms with Crippen molar-refractivity contribution in [2.45, 2.75) is 5.79 Å². The van der Waals surface area contributed by atoms with Crippen molar-refractivity contribution >= 4 is 23.1 Å². The Bertz CT molecular complexity index is 994. The van der Waals surface area contributed by atoms with Gasteiger partial charge in [0.05, 0.1) is 5.02 Å². The Morgan fingerprint density at radius 3 is 2.74 bits per heavy atom. The molecule has 0 aliphatic carbocycles. The van der Waals surface area contributed by atoms with Gasteiger partial charge in [-0.1, -0.05) is 11.6 Å². The minimum atomic E-state index is -1.18. The van der Waals surface area contributed by atoms with Crippen LogP contribution in [0.15, 0.2) is 47.6 Å². The largest absolute Gasteiger partial charge is 0.454 e. The smallest absolute Gasteiger partial charge is 0.231 e. The van der Waals surface area contributed by atoms with Crippen LogP contribution >= 0.6 is 11.6 Å². The summed E-state index contributed by atoms with van der Waals surface area (Å²) in [6.07, 6.45) is 3.47. The van der Waals surface area contributed by atoms with Gasteiger partial charge in [-0.3, -0.25) is 5.73 Å². The number of hydrogen-bond donors (Lipinski definition) is 3. The third kappa shape index (κ3) is 2.70. The molecule has 2 aromatic rings. The molecule has 138 valence electrons. The van der Waals surface area contributed by atoms with Crippen LogP contribution in [-0.4, -0.2) is 19.4 Å². The standard InChI is InChI=1S/C18H15ClN4O4/c19-11-2-4-13-17(27-9-25-13)16(11)22-15-5-6-21-18(20,23-15)10-1-3-12-14(7-10)26-8-24-12/h1-7,21H,8-9,20H2,(H,22,23). The van der Waals surface area contributed by atoms with E-state index in [4.69, 9.17) is 36.3 Å². The number of benzene rings is 2. The molecule has 9 heteroatoms. The summed E-state index contributed by atoms with van der Waals surface area (Å²) in [7, 11) is 0. The summed E-state index contributed by atoms with van der Waals surface area (Å²) in [6, 6.07) is 8.94. The Labute approximate surface area is 159 Å². The van der Waals surface area contributed by atoms with Gasteiger partial charge in [-0.15, -0.1) is 0 Å². The lowest BCUT2D eigenvalue weighted by molar-refractivity contribution is 0.173. The van der Waals surface area contributed by atoms with E-state index in [1.165, 1.54) is 0 Å². The molecule has 3 aliphatic heterocycles. The first kappa shape index (κ1) is 16.1. The van der Waals surface area contributed by atoms with Crippen LogP contribution in [0.5, 0.6) is 23.0 Å². The number of fused-ring (bicyclic) bond motifs is 2. The summed E-state index contributed by atoms with van der Waals surface area (Å²) in [6.45, 7) is 0.339. The Kier molecular flexibility index (Phi) is 3.56. The van der Waals surface area contributed by atoms with E-state index < -0.39 is 5.79 Å². The van der Waals surface area contributed by atoms with Crippen molar-refractivity contribution in [3.05, 3.63) is 53.2 Å². The number of ether oxygens (including phenoxy) is 4. The number of anilines is 1. The maximum Gasteiger partial charge on any atom is 0.231 e. The second-order valence-corrected chi connectivity index (χ2v) is 6.50. The van der Waals surface area contributed by atoms with E-state index in [1.807, 2.05) is 6.07 Å². The molecule has 2 aromatic carbocycles. The fourth-order valence-electron chi connectivity index (χ4n) is 3.05. The van der Waals surface area contributed by atoms with Gasteiger partial charge in [0.25, 0.3) is 0 Å². The first-order chi connectivity index (χ1) is 13.1. The number of nitrogens with two attached hydrogens (primary N) is 1. The van der Waals surface area contributed by atoms with Crippen molar-refractivity contribution in [1.82, 2.24) is 5.32 Å².